The van der Waals surface area contributed by atoms with Gasteiger partial charge >= 0.3 is 0 Å². The molecule has 2 saturated carbocycles. The van der Waals surface area contributed by atoms with Gasteiger partial charge in [0.05, 0.1) is 23.6 Å². The van der Waals surface area contributed by atoms with Crippen molar-refractivity contribution >= 4 is 33.2 Å². The number of nitrogens with one attached hydrogen (secondary N) is 1. The summed E-state index contributed by atoms with van der Waals surface area (Å²) in [7, 11) is -3.85. The van der Waals surface area contributed by atoms with Gasteiger partial charge in [0, 0.05) is 29.1 Å². The average molecular weight is 627 g/mol. The molecule has 2 N–H and O–H groups in total. The number of aryl methyl sites for hydroxylation is 1. The molecule has 0 saturated heterocycles. The molecule has 2 fully saturated rings. The SMILES string of the molecule is O=C1NS(=O)(=O)[C@@H]2CCCC[C@H]2CCC[C@H](O)[C@@H]2CC[C@H]2CN2C[C@@]3(CCCc4cc(Cl)ccc43)COc3ccc1cc32. The maximum absolute atomic E-state index is 13.6. The van der Waals surface area contributed by atoms with E-state index in [9.17, 15) is 18.3 Å². The van der Waals surface area contributed by atoms with Gasteiger partial charge in [-0.2, -0.15) is 0 Å². The van der Waals surface area contributed by atoms with Crippen LogP contribution >= 0.6 is 11.6 Å². The number of sulfonamides is 1. The second kappa shape index (κ2) is 11.6. The summed E-state index contributed by atoms with van der Waals surface area (Å²) < 4.78 is 36.2. The third-order valence-electron chi connectivity index (χ3n) is 11.3. The lowest BCUT2D eigenvalue weighted by Gasteiger charge is -2.46. The minimum Gasteiger partial charge on any atom is -0.490 e. The Morgan fingerprint density at radius 2 is 1.79 bits per heavy atom. The number of aliphatic hydroxyl groups excluding tert-OH is 1. The molecule has 2 aromatic carbocycles. The molecular weight excluding hydrogens is 584 g/mol. The van der Waals surface area contributed by atoms with Crippen LogP contribution in [0.25, 0.3) is 0 Å². The van der Waals surface area contributed by atoms with E-state index >= 15 is 0 Å². The van der Waals surface area contributed by atoms with Gasteiger partial charge < -0.3 is 14.7 Å². The summed E-state index contributed by atoms with van der Waals surface area (Å²) in [6.07, 6.45) is 10.3. The lowest BCUT2D eigenvalue weighted by molar-refractivity contribution is 0.00827. The van der Waals surface area contributed by atoms with Gasteiger partial charge in [-0.25, -0.2) is 13.1 Å². The number of anilines is 1. The van der Waals surface area contributed by atoms with Gasteiger partial charge in [-0.1, -0.05) is 36.9 Å². The lowest BCUT2D eigenvalue weighted by Crippen LogP contribution is -2.49. The van der Waals surface area contributed by atoms with Crippen molar-refractivity contribution in [1.82, 2.24) is 4.72 Å². The number of hydrogen-bond acceptors (Lipinski definition) is 6. The van der Waals surface area contributed by atoms with Crippen LogP contribution in [0.1, 0.15) is 92.1 Å². The van der Waals surface area contributed by atoms with Crippen molar-refractivity contribution < 1.29 is 23.1 Å². The molecule has 1 spiro atoms. The molecule has 0 radical (unpaired) electrons. The van der Waals surface area contributed by atoms with Crippen LogP contribution in [-0.2, 0) is 21.9 Å². The number of halogens is 1. The van der Waals surface area contributed by atoms with Gasteiger partial charge in [-0.3, -0.25) is 4.79 Å². The first-order valence-corrected chi connectivity index (χ1v) is 18.2. The van der Waals surface area contributed by atoms with Crippen molar-refractivity contribution in [2.45, 2.75) is 93.8 Å². The lowest BCUT2D eigenvalue weighted by atomic mass is 9.68. The monoisotopic (exact) mass is 626 g/mol. The second-order valence-corrected chi connectivity index (χ2v) is 16.2. The number of rotatable bonds is 0. The number of aliphatic hydroxyl groups is 1. The second-order valence-electron chi connectivity index (χ2n) is 13.8. The molecule has 1 amide bonds. The van der Waals surface area contributed by atoms with Crippen LogP contribution in [-0.4, -0.2) is 50.5 Å². The first-order chi connectivity index (χ1) is 20.7. The predicted molar refractivity (Wildman–Crippen MR) is 168 cm³/mol. The number of benzene rings is 2. The number of carbonyl (C=O) groups is 1. The van der Waals surface area contributed by atoms with Crippen LogP contribution in [0.4, 0.5) is 5.69 Å². The number of carbonyl (C=O) groups excluding carboxylic acids is 1. The van der Waals surface area contributed by atoms with Gasteiger partial charge in [0.25, 0.3) is 5.91 Å². The smallest absolute Gasteiger partial charge is 0.264 e. The summed E-state index contributed by atoms with van der Waals surface area (Å²) in [6.45, 7) is 2.00. The fourth-order valence-electron chi connectivity index (χ4n) is 8.85. The molecule has 5 aliphatic rings. The molecule has 232 valence electrons. The van der Waals surface area contributed by atoms with Crippen LogP contribution in [0.2, 0.25) is 5.02 Å². The Balaban J connectivity index is 1.28. The number of ether oxygens (including phenoxy) is 1. The standard InChI is InChI=1S/C34H43ClN2O5S/c35-26-12-14-28-23(17-26)7-4-16-34(28)20-37-19-25-10-13-27(25)30(38)8-3-6-22-5-1-2-9-32(22)43(40,41)36-33(39)24-11-15-31(42-21-34)29(37)18-24/h11-12,14-15,17-18,22,25,27,30,32,38H,1-10,13,16,19-21H2,(H,36,39)/t22-,25-,27+,30-,32+,34-/m0/s1. The van der Waals surface area contributed by atoms with Gasteiger partial charge in [0.1, 0.15) is 5.75 Å². The van der Waals surface area contributed by atoms with E-state index in [2.05, 4.69) is 21.8 Å². The molecule has 43 heavy (non-hydrogen) atoms. The summed E-state index contributed by atoms with van der Waals surface area (Å²) in [6, 6.07) is 11.5. The summed E-state index contributed by atoms with van der Waals surface area (Å²) in [5.41, 5.74) is 3.46. The molecule has 2 aromatic rings. The molecule has 2 aliphatic heterocycles. The van der Waals surface area contributed by atoms with E-state index in [4.69, 9.17) is 16.3 Å². The van der Waals surface area contributed by atoms with Crippen molar-refractivity contribution in [3.8, 4) is 5.75 Å². The minimum absolute atomic E-state index is 0.0109. The van der Waals surface area contributed by atoms with Crippen LogP contribution < -0.4 is 14.4 Å². The topological polar surface area (TPSA) is 95.9 Å². The molecule has 2 heterocycles. The Kier molecular flexibility index (Phi) is 7.92. The van der Waals surface area contributed by atoms with Crippen molar-refractivity contribution in [2.24, 2.45) is 17.8 Å². The van der Waals surface area contributed by atoms with Crippen LogP contribution in [0, 0.1) is 17.8 Å². The van der Waals surface area contributed by atoms with Crippen LogP contribution in [0.5, 0.6) is 5.75 Å². The zero-order valence-corrected chi connectivity index (χ0v) is 26.3. The first kappa shape index (κ1) is 29.4. The van der Waals surface area contributed by atoms with E-state index in [0.717, 1.165) is 88.0 Å². The summed E-state index contributed by atoms with van der Waals surface area (Å²) in [5, 5.41) is 11.5. The first-order valence-electron chi connectivity index (χ1n) is 16.3. The van der Waals surface area contributed by atoms with Gasteiger partial charge in [-0.05, 0) is 117 Å². The highest BCUT2D eigenvalue weighted by Crippen LogP contribution is 2.47. The molecule has 0 aromatic heterocycles. The average Bonchev–Trinajstić information content (AvgIpc) is 3.11. The summed E-state index contributed by atoms with van der Waals surface area (Å²) in [4.78, 5) is 15.9. The predicted octanol–water partition coefficient (Wildman–Crippen LogP) is 6.00. The van der Waals surface area contributed by atoms with E-state index < -0.39 is 21.2 Å². The highest BCUT2D eigenvalue weighted by molar-refractivity contribution is 7.90. The molecule has 7 rings (SSSR count). The third kappa shape index (κ3) is 5.57. The quantitative estimate of drug-likeness (QED) is 0.372. The molecule has 2 bridgehead atoms. The van der Waals surface area contributed by atoms with E-state index in [-0.39, 0.29) is 23.4 Å². The molecule has 6 atom stereocenters. The fraction of sp³-hybridized carbons (Fsp3) is 0.618. The zero-order chi connectivity index (χ0) is 29.8. The van der Waals surface area contributed by atoms with E-state index in [1.807, 2.05) is 18.2 Å². The number of hydrogen-bond donors (Lipinski definition) is 2. The Bertz CT molecular complexity index is 1500. The number of amides is 1. The third-order valence-corrected chi connectivity index (χ3v) is 13.4. The van der Waals surface area contributed by atoms with Gasteiger partial charge in [0.2, 0.25) is 10.0 Å². The zero-order valence-electron chi connectivity index (χ0n) is 24.8. The fourth-order valence-corrected chi connectivity index (χ4v) is 10.8. The maximum atomic E-state index is 13.6. The molecule has 7 nitrogen and oxygen atoms in total. The van der Waals surface area contributed by atoms with Crippen molar-refractivity contribution in [2.75, 3.05) is 24.6 Å². The summed E-state index contributed by atoms with van der Waals surface area (Å²) >= 11 is 6.40. The Labute approximate surface area is 260 Å². The summed E-state index contributed by atoms with van der Waals surface area (Å²) in [5.74, 6) is 0.720. The molecular formula is C34H43ClN2O5S. The van der Waals surface area contributed by atoms with E-state index in [1.54, 1.807) is 6.07 Å². The van der Waals surface area contributed by atoms with Gasteiger partial charge in [0.15, 0.2) is 0 Å². The number of nitrogens with zero attached hydrogens (tertiary/aromatic N) is 1. The highest BCUT2D eigenvalue weighted by Gasteiger charge is 2.45. The largest absolute Gasteiger partial charge is 0.490 e. The van der Waals surface area contributed by atoms with Crippen molar-refractivity contribution in [3.63, 3.8) is 0 Å². The van der Waals surface area contributed by atoms with E-state index in [0.29, 0.717) is 36.7 Å². The van der Waals surface area contributed by atoms with Crippen molar-refractivity contribution in [1.29, 1.82) is 0 Å². The van der Waals surface area contributed by atoms with Crippen LogP contribution in [0.15, 0.2) is 36.4 Å². The molecule has 0 unspecified atom stereocenters. The minimum atomic E-state index is -3.85. The Morgan fingerprint density at radius 3 is 2.63 bits per heavy atom. The van der Waals surface area contributed by atoms with Gasteiger partial charge in [-0.15, -0.1) is 0 Å². The number of fused-ring (bicyclic) bond motifs is 5. The highest BCUT2D eigenvalue weighted by atomic mass is 35.5. The Morgan fingerprint density at radius 1 is 0.953 bits per heavy atom. The Hall–Kier alpha value is -2.29. The van der Waals surface area contributed by atoms with E-state index in [1.165, 1.54) is 11.1 Å². The maximum Gasteiger partial charge on any atom is 0.264 e. The molecule has 9 heteroatoms. The normalized spacial score (nSPS) is 34.0. The molecule has 3 aliphatic carbocycles. The van der Waals surface area contributed by atoms with Crippen molar-refractivity contribution in [3.05, 3.63) is 58.1 Å². The van der Waals surface area contributed by atoms with Crippen LogP contribution in [0.3, 0.4) is 0 Å².